The highest BCUT2D eigenvalue weighted by atomic mass is 32.2. The minimum absolute atomic E-state index is 0.000705. The molecule has 3 rings (SSSR count). The number of aromatic nitrogens is 2. The van der Waals surface area contributed by atoms with Crippen LogP contribution < -0.4 is 10.5 Å². The highest BCUT2D eigenvalue weighted by Crippen LogP contribution is 2.34. The van der Waals surface area contributed by atoms with Crippen molar-refractivity contribution in [1.29, 1.82) is 0 Å². The summed E-state index contributed by atoms with van der Waals surface area (Å²) >= 11 is 1.08. The molecule has 24 heavy (non-hydrogen) atoms. The number of benzene rings is 1. The van der Waals surface area contributed by atoms with Crippen molar-refractivity contribution in [3.05, 3.63) is 41.0 Å². The summed E-state index contributed by atoms with van der Waals surface area (Å²) in [5.41, 5.74) is 1.16. The van der Waals surface area contributed by atoms with Crippen LogP contribution in [0.2, 0.25) is 0 Å². The molecule has 0 aliphatic rings. The molecule has 0 spiro atoms. The zero-order valence-corrected chi connectivity index (χ0v) is 14.0. The number of rotatable bonds is 4. The Morgan fingerprint density at radius 2 is 1.92 bits per heavy atom. The highest BCUT2D eigenvalue weighted by molar-refractivity contribution is 7.89. The fraction of sp³-hybridized carbons (Fsp3) is 0.0714. The standard InChI is InChI=1S/C14H12N4O4S2/c1-7-10-12(16-6-17-13(10)23-11(7)14(19)20)18-8-2-4-9(5-3-8)24(15,21)22/h2-6H,1H3,(H,19,20)(H2,15,21,22)(H,16,17,18). The van der Waals surface area contributed by atoms with Gasteiger partial charge in [-0.15, -0.1) is 11.3 Å². The van der Waals surface area contributed by atoms with Crippen molar-refractivity contribution >= 4 is 49.1 Å². The average Bonchev–Trinajstić information content (AvgIpc) is 2.85. The number of hydrogen-bond acceptors (Lipinski definition) is 7. The SMILES string of the molecule is Cc1c(C(=O)O)sc2ncnc(Nc3ccc(S(N)(=O)=O)cc3)c12. The zero-order chi connectivity index (χ0) is 17.5. The lowest BCUT2D eigenvalue weighted by Gasteiger charge is -2.08. The Morgan fingerprint density at radius 1 is 1.25 bits per heavy atom. The number of sulfonamides is 1. The molecule has 0 saturated heterocycles. The molecule has 0 aliphatic carbocycles. The number of nitrogens with two attached hydrogens (primary N) is 1. The van der Waals surface area contributed by atoms with Gasteiger partial charge < -0.3 is 10.4 Å². The van der Waals surface area contributed by atoms with Gasteiger partial charge in [-0.25, -0.2) is 28.3 Å². The van der Waals surface area contributed by atoms with E-state index in [4.69, 9.17) is 5.14 Å². The second-order valence-electron chi connectivity index (χ2n) is 4.96. The maximum absolute atomic E-state index is 11.3. The summed E-state index contributed by atoms with van der Waals surface area (Å²) in [5.74, 6) is -0.566. The van der Waals surface area contributed by atoms with Crippen LogP contribution in [-0.2, 0) is 10.0 Å². The molecule has 1 aromatic carbocycles. The lowest BCUT2D eigenvalue weighted by Crippen LogP contribution is -2.11. The first-order valence-electron chi connectivity index (χ1n) is 6.64. The summed E-state index contributed by atoms with van der Waals surface area (Å²) < 4.78 is 22.5. The van der Waals surface area contributed by atoms with E-state index in [2.05, 4.69) is 15.3 Å². The van der Waals surface area contributed by atoms with Crippen LogP contribution in [0.5, 0.6) is 0 Å². The number of aromatic carboxylic acids is 1. The first-order chi connectivity index (χ1) is 11.3. The number of aryl methyl sites for hydroxylation is 1. The van der Waals surface area contributed by atoms with Gasteiger partial charge in [0, 0.05) is 5.69 Å². The van der Waals surface area contributed by atoms with Gasteiger partial charge in [-0.1, -0.05) is 0 Å². The Balaban J connectivity index is 2.03. The zero-order valence-electron chi connectivity index (χ0n) is 12.3. The normalized spacial score (nSPS) is 11.6. The van der Waals surface area contributed by atoms with E-state index in [1.165, 1.54) is 18.5 Å². The molecule has 0 radical (unpaired) electrons. The Bertz CT molecular complexity index is 1040. The number of primary sulfonamides is 1. The maximum Gasteiger partial charge on any atom is 0.346 e. The number of carboxylic acid groups (broad SMARTS) is 1. The summed E-state index contributed by atoms with van der Waals surface area (Å²) in [5, 5.41) is 18.0. The number of thiophene rings is 1. The van der Waals surface area contributed by atoms with Crippen LogP contribution in [0.15, 0.2) is 35.5 Å². The molecule has 0 bridgehead atoms. The molecule has 4 N–H and O–H groups in total. The number of nitrogens with one attached hydrogen (secondary N) is 1. The van der Waals surface area contributed by atoms with Gasteiger partial charge in [0.1, 0.15) is 21.9 Å². The first-order valence-corrected chi connectivity index (χ1v) is 9.01. The van der Waals surface area contributed by atoms with E-state index in [1.807, 2.05) is 0 Å². The molecular weight excluding hydrogens is 352 g/mol. The molecule has 124 valence electrons. The predicted molar refractivity (Wildman–Crippen MR) is 90.2 cm³/mol. The molecule has 2 heterocycles. The highest BCUT2D eigenvalue weighted by Gasteiger charge is 2.18. The van der Waals surface area contributed by atoms with Crippen LogP contribution in [-0.4, -0.2) is 29.5 Å². The smallest absolute Gasteiger partial charge is 0.346 e. The lowest BCUT2D eigenvalue weighted by molar-refractivity contribution is 0.0701. The van der Waals surface area contributed by atoms with Crippen molar-refractivity contribution < 1.29 is 18.3 Å². The molecule has 0 saturated carbocycles. The summed E-state index contributed by atoms with van der Waals surface area (Å²) in [6, 6.07) is 5.85. The average molecular weight is 364 g/mol. The summed E-state index contributed by atoms with van der Waals surface area (Å²) in [4.78, 5) is 20.3. The third kappa shape index (κ3) is 2.94. The van der Waals surface area contributed by atoms with Gasteiger partial charge >= 0.3 is 5.97 Å². The number of carbonyl (C=O) groups is 1. The van der Waals surface area contributed by atoms with E-state index in [0.29, 0.717) is 27.3 Å². The largest absolute Gasteiger partial charge is 0.477 e. The van der Waals surface area contributed by atoms with E-state index >= 15 is 0 Å². The summed E-state index contributed by atoms with van der Waals surface area (Å²) in [6.45, 7) is 1.70. The van der Waals surface area contributed by atoms with E-state index in [9.17, 15) is 18.3 Å². The van der Waals surface area contributed by atoms with Crippen molar-refractivity contribution in [2.24, 2.45) is 5.14 Å². The topological polar surface area (TPSA) is 135 Å². The third-order valence-electron chi connectivity index (χ3n) is 3.37. The van der Waals surface area contributed by atoms with Gasteiger partial charge in [-0.05, 0) is 36.8 Å². The Morgan fingerprint density at radius 3 is 2.50 bits per heavy atom. The van der Waals surface area contributed by atoms with Crippen LogP contribution in [0.1, 0.15) is 15.2 Å². The number of carboxylic acids is 1. The van der Waals surface area contributed by atoms with Crippen molar-refractivity contribution in [2.45, 2.75) is 11.8 Å². The predicted octanol–water partition coefficient (Wildman–Crippen LogP) is 2.09. The number of hydrogen-bond donors (Lipinski definition) is 3. The van der Waals surface area contributed by atoms with E-state index in [-0.39, 0.29) is 9.77 Å². The maximum atomic E-state index is 11.3. The van der Waals surface area contributed by atoms with Gasteiger partial charge in [0.05, 0.1) is 10.3 Å². The van der Waals surface area contributed by atoms with Gasteiger partial charge in [0.2, 0.25) is 10.0 Å². The van der Waals surface area contributed by atoms with E-state index in [1.54, 1.807) is 19.1 Å². The molecule has 3 aromatic rings. The molecular formula is C14H12N4O4S2. The van der Waals surface area contributed by atoms with Crippen LogP contribution in [0.3, 0.4) is 0 Å². The minimum Gasteiger partial charge on any atom is -0.477 e. The molecule has 0 fully saturated rings. The van der Waals surface area contributed by atoms with Gasteiger partial charge in [0.25, 0.3) is 0 Å². The van der Waals surface area contributed by atoms with Gasteiger partial charge in [-0.2, -0.15) is 0 Å². The van der Waals surface area contributed by atoms with Gasteiger partial charge in [-0.3, -0.25) is 0 Å². The number of nitrogens with zero attached hydrogens (tertiary/aromatic N) is 2. The quantitative estimate of drug-likeness (QED) is 0.645. The second kappa shape index (κ2) is 5.82. The minimum atomic E-state index is -3.76. The molecule has 0 unspecified atom stereocenters. The third-order valence-corrected chi connectivity index (χ3v) is 5.48. The Labute approximate surface area is 141 Å². The second-order valence-corrected chi connectivity index (χ2v) is 7.52. The summed E-state index contributed by atoms with van der Waals surface area (Å²) in [6.07, 6.45) is 1.34. The molecule has 8 nitrogen and oxygen atoms in total. The van der Waals surface area contributed by atoms with Crippen LogP contribution in [0.25, 0.3) is 10.2 Å². The van der Waals surface area contributed by atoms with Crippen LogP contribution >= 0.6 is 11.3 Å². The van der Waals surface area contributed by atoms with Crippen molar-refractivity contribution in [2.75, 3.05) is 5.32 Å². The van der Waals surface area contributed by atoms with E-state index in [0.717, 1.165) is 11.3 Å². The van der Waals surface area contributed by atoms with Crippen LogP contribution in [0, 0.1) is 6.92 Å². The molecule has 2 aromatic heterocycles. The fourth-order valence-electron chi connectivity index (χ4n) is 2.24. The van der Waals surface area contributed by atoms with Gasteiger partial charge in [0.15, 0.2) is 0 Å². The Hall–Kier alpha value is -2.56. The molecule has 0 amide bonds. The lowest BCUT2D eigenvalue weighted by atomic mass is 10.2. The molecule has 0 atom stereocenters. The molecule has 10 heteroatoms. The summed E-state index contributed by atoms with van der Waals surface area (Å²) in [7, 11) is -3.76. The van der Waals surface area contributed by atoms with E-state index < -0.39 is 16.0 Å². The number of fused-ring (bicyclic) bond motifs is 1. The molecule has 0 aliphatic heterocycles. The van der Waals surface area contributed by atoms with Crippen molar-refractivity contribution in [1.82, 2.24) is 9.97 Å². The first kappa shape index (κ1) is 16.3. The number of anilines is 2. The van der Waals surface area contributed by atoms with Crippen molar-refractivity contribution in [3.8, 4) is 0 Å². The monoisotopic (exact) mass is 364 g/mol. The Kier molecular flexibility index (Phi) is 3.95. The fourth-order valence-corrected chi connectivity index (χ4v) is 3.74. The van der Waals surface area contributed by atoms with Crippen LogP contribution in [0.4, 0.5) is 11.5 Å². The van der Waals surface area contributed by atoms with Crippen molar-refractivity contribution in [3.63, 3.8) is 0 Å².